The van der Waals surface area contributed by atoms with Crippen LogP contribution in [0.15, 0.2) is 24.3 Å². The molecule has 0 bridgehead atoms. The topological polar surface area (TPSA) is 0 Å². The van der Waals surface area contributed by atoms with E-state index in [1.165, 1.54) is 6.07 Å². The normalized spacial score (nSPS) is 14.1. The van der Waals surface area contributed by atoms with E-state index in [-0.39, 0.29) is 11.2 Å². The maximum Gasteiger partial charge on any atom is 0.123 e. The van der Waals surface area contributed by atoms with Crippen LogP contribution in [0.4, 0.5) is 4.39 Å². The van der Waals surface area contributed by atoms with Gasteiger partial charge >= 0.3 is 0 Å². The standard InChI is InChI=1S/C12H16BrF/c1-12(2,3)11(13)8-9-5-4-6-10(14)7-9/h4-7,11H,8H2,1-3H3. The van der Waals surface area contributed by atoms with Crippen LogP contribution < -0.4 is 0 Å². The van der Waals surface area contributed by atoms with Crippen molar-refractivity contribution in [2.45, 2.75) is 32.0 Å². The Morgan fingerprint density at radius 2 is 2.00 bits per heavy atom. The van der Waals surface area contributed by atoms with Crippen LogP contribution in [-0.4, -0.2) is 4.83 Å². The Morgan fingerprint density at radius 3 is 2.50 bits per heavy atom. The molecule has 0 aliphatic rings. The molecule has 14 heavy (non-hydrogen) atoms. The van der Waals surface area contributed by atoms with Crippen molar-refractivity contribution < 1.29 is 4.39 Å². The van der Waals surface area contributed by atoms with E-state index in [0.717, 1.165) is 12.0 Å². The van der Waals surface area contributed by atoms with Gasteiger partial charge in [0.25, 0.3) is 0 Å². The number of benzene rings is 1. The van der Waals surface area contributed by atoms with Crippen LogP contribution in [0.1, 0.15) is 26.3 Å². The molecule has 1 aromatic rings. The minimum Gasteiger partial charge on any atom is -0.207 e. The summed E-state index contributed by atoms with van der Waals surface area (Å²) in [6.07, 6.45) is 0.862. The fourth-order valence-electron chi connectivity index (χ4n) is 1.18. The second kappa shape index (κ2) is 4.43. The van der Waals surface area contributed by atoms with Gasteiger partial charge in [-0.15, -0.1) is 0 Å². The molecule has 0 fully saturated rings. The molecule has 0 saturated heterocycles. The second-order valence-corrected chi connectivity index (χ2v) is 5.77. The summed E-state index contributed by atoms with van der Waals surface area (Å²) in [5.41, 5.74) is 1.24. The molecule has 1 atom stereocenters. The minimum atomic E-state index is -0.156. The minimum absolute atomic E-state index is 0.156. The summed E-state index contributed by atoms with van der Waals surface area (Å²) >= 11 is 3.64. The SMILES string of the molecule is CC(C)(C)C(Br)Cc1cccc(F)c1. The fourth-order valence-corrected chi connectivity index (χ4v) is 1.55. The van der Waals surface area contributed by atoms with E-state index in [0.29, 0.717) is 4.83 Å². The molecule has 0 aliphatic heterocycles. The zero-order valence-electron chi connectivity index (χ0n) is 8.85. The average molecular weight is 259 g/mol. The summed E-state index contributed by atoms with van der Waals surface area (Å²) in [4.78, 5) is 0.372. The average Bonchev–Trinajstić information content (AvgIpc) is 2.02. The molecular formula is C12H16BrF. The molecule has 0 nitrogen and oxygen atoms in total. The Morgan fingerprint density at radius 1 is 1.36 bits per heavy atom. The highest BCUT2D eigenvalue weighted by atomic mass is 79.9. The van der Waals surface area contributed by atoms with E-state index in [9.17, 15) is 4.39 Å². The van der Waals surface area contributed by atoms with Crippen LogP contribution in [0.2, 0.25) is 0 Å². The Hall–Kier alpha value is -0.370. The van der Waals surface area contributed by atoms with Gasteiger partial charge in [0.15, 0.2) is 0 Å². The third-order valence-corrected chi connectivity index (χ3v) is 3.94. The smallest absolute Gasteiger partial charge is 0.123 e. The molecule has 1 rings (SSSR count). The highest BCUT2D eigenvalue weighted by Crippen LogP contribution is 2.28. The van der Waals surface area contributed by atoms with Gasteiger partial charge in [0, 0.05) is 4.83 Å². The van der Waals surface area contributed by atoms with Crippen molar-refractivity contribution in [1.29, 1.82) is 0 Å². The lowest BCUT2D eigenvalue weighted by Crippen LogP contribution is -2.22. The van der Waals surface area contributed by atoms with Crippen molar-refractivity contribution in [3.63, 3.8) is 0 Å². The lowest BCUT2D eigenvalue weighted by atomic mass is 9.88. The maximum atomic E-state index is 12.9. The van der Waals surface area contributed by atoms with Crippen molar-refractivity contribution >= 4 is 15.9 Å². The molecule has 1 aromatic carbocycles. The van der Waals surface area contributed by atoms with E-state index in [1.807, 2.05) is 6.07 Å². The van der Waals surface area contributed by atoms with Crippen LogP contribution in [0.5, 0.6) is 0 Å². The van der Waals surface area contributed by atoms with Gasteiger partial charge < -0.3 is 0 Å². The van der Waals surface area contributed by atoms with Crippen LogP contribution in [0.3, 0.4) is 0 Å². The molecule has 0 heterocycles. The zero-order valence-corrected chi connectivity index (χ0v) is 10.4. The highest BCUT2D eigenvalue weighted by molar-refractivity contribution is 9.09. The van der Waals surface area contributed by atoms with Gasteiger partial charge in [-0.05, 0) is 29.5 Å². The van der Waals surface area contributed by atoms with Crippen LogP contribution in [0, 0.1) is 11.2 Å². The van der Waals surface area contributed by atoms with E-state index in [1.54, 1.807) is 12.1 Å². The summed E-state index contributed by atoms with van der Waals surface area (Å²) in [5.74, 6) is -0.156. The second-order valence-electron chi connectivity index (χ2n) is 4.67. The predicted molar refractivity (Wildman–Crippen MR) is 62.3 cm³/mol. The summed E-state index contributed by atoms with van der Waals surface area (Å²) < 4.78 is 12.9. The molecule has 0 aromatic heterocycles. The Labute approximate surface area is 93.7 Å². The molecule has 78 valence electrons. The Bertz CT molecular complexity index is 301. The van der Waals surface area contributed by atoms with Crippen LogP contribution >= 0.6 is 15.9 Å². The van der Waals surface area contributed by atoms with Crippen molar-refractivity contribution in [2.24, 2.45) is 5.41 Å². The third-order valence-electron chi connectivity index (χ3n) is 2.24. The highest BCUT2D eigenvalue weighted by Gasteiger charge is 2.21. The molecule has 0 radical (unpaired) electrons. The first kappa shape index (κ1) is 11.7. The molecular weight excluding hydrogens is 243 g/mol. The number of rotatable bonds is 2. The maximum absolute atomic E-state index is 12.9. The number of halogens is 2. The van der Waals surface area contributed by atoms with Crippen molar-refractivity contribution in [1.82, 2.24) is 0 Å². The predicted octanol–water partition coefficient (Wildman–Crippen LogP) is 4.18. The molecule has 0 spiro atoms. The monoisotopic (exact) mass is 258 g/mol. The Kier molecular flexibility index (Phi) is 3.71. The molecule has 2 heteroatoms. The van der Waals surface area contributed by atoms with Gasteiger partial charge in [0.1, 0.15) is 5.82 Å². The number of hydrogen-bond acceptors (Lipinski definition) is 0. The first-order valence-electron chi connectivity index (χ1n) is 4.78. The van der Waals surface area contributed by atoms with Crippen LogP contribution in [0.25, 0.3) is 0 Å². The van der Waals surface area contributed by atoms with Crippen molar-refractivity contribution in [3.8, 4) is 0 Å². The van der Waals surface area contributed by atoms with E-state index < -0.39 is 0 Å². The van der Waals surface area contributed by atoms with Gasteiger partial charge in [-0.2, -0.15) is 0 Å². The number of alkyl halides is 1. The largest absolute Gasteiger partial charge is 0.207 e. The first-order valence-corrected chi connectivity index (χ1v) is 5.69. The van der Waals surface area contributed by atoms with Gasteiger partial charge in [-0.25, -0.2) is 4.39 Å². The van der Waals surface area contributed by atoms with E-state index in [4.69, 9.17) is 0 Å². The zero-order chi connectivity index (χ0) is 10.8. The van der Waals surface area contributed by atoms with E-state index in [2.05, 4.69) is 36.7 Å². The van der Waals surface area contributed by atoms with Gasteiger partial charge in [-0.1, -0.05) is 48.8 Å². The molecule has 1 unspecified atom stereocenters. The molecule has 0 N–H and O–H groups in total. The van der Waals surface area contributed by atoms with Gasteiger partial charge in [-0.3, -0.25) is 0 Å². The summed E-state index contributed by atoms with van der Waals surface area (Å²) in [6, 6.07) is 6.79. The summed E-state index contributed by atoms with van der Waals surface area (Å²) in [7, 11) is 0. The van der Waals surface area contributed by atoms with Gasteiger partial charge in [0.05, 0.1) is 0 Å². The fraction of sp³-hybridized carbons (Fsp3) is 0.500. The van der Waals surface area contributed by atoms with Crippen molar-refractivity contribution in [3.05, 3.63) is 35.6 Å². The van der Waals surface area contributed by atoms with Crippen LogP contribution in [-0.2, 0) is 6.42 Å². The lowest BCUT2D eigenvalue weighted by molar-refractivity contribution is 0.397. The quantitative estimate of drug-likeness (QED) is 0.699. The van der Waals surface area contributed by atoms with Gasteiger partial charge in [0.2, 0.25) is 0 Å². The summed E-state index contributed by atoms with van der Waals surface area (Å²) in [6.45, 7) is 6.52. The Balaban J connectivity index is 2.70. The molecule has 0 aliphatic carbocycles. The number of hydrogen-bond donors (Lipinski definition) is 0. The summed E-state index contributed by atoms with van der Waals surface area (Å²) in [5, 5.41) is 0. The lowest BCUT2D eigenvalue weighted by Gasteiger charge is -2.25. The first-order chi connectivity index (χ1) is 6.39. The molecule has 0 amide bonds. The van der Waals surface area contributed by atoms with E-state index >= 15 is 0 Å². The molecule has 0 saturated carbocycles. The van der Waals surface area contributed by atoms with Crippen molar-refractivity contribution in [2.75, 3.05) is 0 Å². The third kappa shape index (κ3) is 3.41.